The molecule has 0 spiro atoms. The molecule has 0 aliphatic carbocycles. The van der Waals surface area contributed by atoms with Gasteiger partial charge in [-0.25, -0.2) is 38.4 Å². The molecule has 0 radical (unpaired) electrons. The van der Waals surface area contributed by atoms with Gasteiger partial charge in [0, 0.05) is 18.9 Å². The molecule has 444 valence electrons. The van der Waals surface area contributed by atoms with E-state index < -0.39 is 84.5 Å². The van der Waals surface area contributed by atoms with Crippen LogP contribution < -0.4 is 14.2 Å². The van der Waals surface area contributed by atoms with E-state index in [0.717, 1.165) is 11.6 Å². The van der Waals surface area contributed by atoms with Gasteiger partial charge >= 0.3 is 60.1 Å². The molecule has 2 aliphatic heterocycles. The molecule has 0 unspecified atom stereocenters. The highest BCUT2D eigenvalue weighted by Gasteiger charge is 2.51. The van der Waals surface area contributed by atoms with E-state index in [1.165, 1.54) is 79.9 Å². The number of fused-ring (bicyclic) bond motifs is 1. The summed E-state index contributed by atoms with van der Waals surface area (Å²) < 4.78 is 62.0. The number of hydrogen-bond donors (Lipinski definition) is 3. The SMILES string of the molecule is C=CC(=O)OCCCCOC(=O)Oc1ccc(C(=O)OC)cc1.C[C@H](CCC(=O)O)CC(=O)O.Cc1ccc(C(=O)O[C@H]2CO[C@H]3[C@@H]2OC[C@H]3OC(=O)c2ccc(OC(=O)c3ccc(OC(=O)OCCCCOC(=O)C=N)cc3)cc2)cc1. The second kappa shape index (κ2) is 35.3. The van der Waals surface area contributed by atoms with E-state index in [2.05, 4.69) is 11.3 Å². The van der Waals surface area contributed by atoms with E-state index >= 15 is 0 Å². The monoisotopic (exact) mass is 1160 g/mol. The fourth-order valence-corrected chi connectivity index (χ4v) is 7.18. The van der Waals surface area contributed by atoms with Crippen molar-refractivity contribution >= 4 is 66.3 Å². The van der Waals surface area contributed by atoms with Crippen LogP contribution in [0.4, 0.5) is 9.59 Å². The number of benzene rings is 4. The molecule has 4 aromatic rings. The number of unbranched alkanes of at least 4 members (excludes halogenated alkanes) is 2. The van der Waals surface area contributed by atoms with Crippen LogP contribution in [0.15, 0.2) is 110 Å². The summed E-state index contributed by atoms with van der Waals surface area (Å²) in [6, 6.07) is 24.3. The van der Waals surface area contributed by atoms with E-state index in [0.29, 0.717) is 49.4 Å². The Morgan fingerprint density at radius 2 is 0.940 bits per heavy atom. The first-order valence-electron chi connectivity index (χ1n) is 25.7. The topological polar surface area (TPSA) is 346 Å². The summed E-state index contributed by atoms with van der Waals surface area (Å²) in [5, 5.41) is 23.3. The Morgan fingerprint density at radius 1 is 0.554 bits per heavy atom. The largest absolute Gasteiger partial charge is 0.513 e. The van der Waals surface area contributed by atoms with Crippen LogP contribution in [-0.2, 0) is 61.8 Å². The lowest BCUT2D eigenvalue weighted by atomic mass is 10.0. The lowest BCUT2D eigenvalue weighted by molar-refractivity contribution is -0.140. The quantitative estimate of drug-likeness (QED) is 0.0103. The second-order valence-corrected chi connectivity index (χ2v) is 17.9. The van der Waals surface area contributed by atoms with Gasteiger partial charge in [0.25, 0.3) is 0 Å². The summed E-state index contributed by atoms with van der Waals surface area (Å²) in [6.45, 7) is 7.64. The standard InChI is InChI=1S/C35H33NO13.C16H18O7.C7H12O4/c1-21-4-6-22(7-5-21)33(39)48-27-19-44-31-28(20-45-30(27)31)49-34(40)24-8-12-25(13-9-24)46-32(38)23-10-14-26(15-11-23)47-35(41)43-17-3-2-16-42-29(37)18-36;1-3-14(17)21-10-4-5-11-22-16(19)23-13-8-6-12(7-9-13)15(18)20-2;1-5(4-7(10)11)2-3-6(8)9/h4-15,18,27-28,30-31,36H,2-3,16-17,19-20H2,1H3;3,6-9H,1,4-5,10-11H2,2H3;5H,2-4H2,1H3,(H,8,9)(H,10,11)/t27-,28+,30+,31+;;5-/m0.1/s1. The Kier molecular flexibility index (Phi) is 28.1. The number of carboxylic acids is 2. The number of rotatable bonds is 26. The Hall–Kier alpha value is -9.49. The van der Waals surface area contributed by atoms with E-state index in [9.17, 15) is 47.9 Å². The third-order valence-corrected chi connectivity index (χ3v) is 11.5. The van der Waals surface area contributed by atoms with E-state index in [4.69, 9.17) is 67.7 Å². The lowest BCUT2D eigenvalue weighted by Crippen LogP contribution is -2.36. The van der Waals surface area contributed by atoms with Gasteiger partial charge in [-0.15, -0.1) is 0 Å². The maximum Gasteiger partial charge on any atom is 0.513 e. The van der Waals surface area contributed by atoms with E-state index in [-0.39, 0.29) is 86.8 Å². The number of hydrogen-bond acceptors (Lipinski definition) is 23. The highest BCUT2D eigenvalue weighted by atomic mass is 16.7. The lowest BCUT2D eigenvalue weighted by Gasteiger charge is -2.17. The number of aliphatic carboxylic acids is 2. The minimum atomic E-state index is -0.940. The molecule has 25 nitrogen and oxygen atoms in total. The van der Waals surface area contributed by atoms with Crippen LogP contribution in [0, 0.1) is 18.3 Å². The van der Waals surface area contributed by atoms with Gasteiger partial charge < -0.3 is 72.5 Å². The summed E-state index contributed by atoms with van der Waals surface area (Å²) in [5.74, 6) is -4.73. The molecule has 83 heavy (non-hydrogen) atoms. The molecule has 3 N–H and O–H groups in total. The molecule has 5 atom stereocenters. The van der Waals surface area contributed by atoms with Crippen molar-refractivity contribution in [3.63, 3.8) is 0 Å². The maximum atomic E-state index is 12.9. The van der Waals surface area contributed by atoms with Crippen LogP contribution in [0.2, 0.25) is 0 Å². The first-order chi connectivity index (χ1) is 39.8. The molecular weight excluding hydrogens is 1090 g/mol. The summed E-state index contributed by atoms with van der Waals surface area (Å²) in [6.07, 6.45) is -0.161. The number of aryl methyl sites for hydroxylation is 1. The van der Waals surface area contributed by atoms with Gasteiger partial charge in [0.15, 0.2) is 12.2 Å². The van der Waals surface area contributed by atoms with Crippen molar-refractivity contribution in [3.8, 4) is 17.2 Å². The summed E-state index contributed by atoms with van der Waals surface area (Å²) in [4.78, 5) is 114. The van der Waals surface area contributed by atoms with Crippen LogP contribution in [0.3, 0.4) is 0 Å². The molecule has 2 saturated heterocycles. The van der Waals surface area contributed by atoms with Gasteiger partial charge in [0.05, 0.1) is 69.0 Å². The van der Waals surface area contributed by atoms with Crippen molar-refractivity contribution in [1.82, 2.24) is 0 Å². The van der Waals surface area contributed by atoms with Crippen molar-refractivity contribution in [3.05, 3.63) is 138 Å². The molecule has 2 fully saturated rings. The number of carbonyl (C=O) groups excluding carboxylic acids is 8. The predicted octanol–water partition coefficient (Wildman–Crippen LogP) is 7.71. The van der Waals surface area contributed by atoms with E-state index in [1.54, 1.807) is 19.1 Å². The molecule has 6 rings (SSSR count). The van der Waals surface area contributed by atoms with Gasteiger partial charge in [0.2, 0.25) is 0 Å². The van der Waals surface area contributed by atoms with Crippen LogP contribution in [0.25, 0.3) is 0 Å². The van der Waals surface area contributed by atoms with Crippen molar-refractivity contribution in [1.29, 1.82) is 5.41 Å². The van der Waals surface area contributed by atoms with Crippen molar-refractivity contribution < 1.29 is 115 Å². The van der Waals surface area contributed by atoms with Gasteiger partial charge in [0.1, 0.15) is 35.7 Å². The van der Waals surface area contributed by atoms with Gasteiger partial charge in [-0.3, -0.25) is 9.59 Å². The zero-order valence-electron chi connectivity index (χ0n) is 45.6. The van der Waals surface area contributed by atoms with Gasteiger partial charge in [-0.05, 0) is 130 Å². The first kappa shape index (κ1) is 66.0. The Balaban J connectivity index is 0.000000358. The molecule has 2 heterocycles. The Labute approximate surface area is 476 Å². The van der Waals surface area contributed by atoms with Crippen molar-refractivity contribution in [2.75, 3.05) is 46.8 Å². The highest BCUT2D eigenvalue weighted by molar-refractivity contribution is 6.21. The second-order valence-electron chi connectivity index (χ2n) is 17.9. The van der Waals surface area contributed by atoms with Gasteiger partial charge in [-0.1, -0.05) is 31.2 Å². The zero-order chi connectivity index (χ0) is 60.7. The number of carbonyl (C=O) groups is 10. The van der Waals surface area contributed by atoms with Crippen molar-refractivity contribution in [2.24, 2.45) is 5.92 Å². The number of ether oxygens (including phenoxy) is 12. The van der Waals surface area contributed by atoms with Crippen LogP contribution >= 0.6 is 0 Å². The van der Waals surface area contributed by atoms with Crippen LogP contribution in [0.5, 0.6) is 17.2 Å². The van der Waals surface area contributed by atoms with E-state index in [1.807, 2.05) is 19.1 Å². The average molecular weight is 1160 g/mol. The Morgan fingerprint density at radius 3 is 1.34 bits per heavy atom. The minimum Gasteiger partial charge on any atom is -0.481 e. The zero-order valence-corrected chi connectivity index (χ0v) is 45.6. The third-order valence-electron chi connectivity index (χ3n) is 11.5. The summed E-state index contributed by atoms with van der Waals surface area (Å²) in [5.41, 5.74) is 2.18. The number of esters is 6. The normalized spacial score (nSPS) is 15.7. The third kappa shape index (κ3) is 24.4. The van der Waals surface area contributed by atoms with Crippen LogP contribution in [0.1, 0.15) is 98.9 Å². The molecule has 0 bridgehead atoms. The molecule has 25 heteroatoms. The number of nitrogens with one attached hydrogen (secondary N) is 1. The average Bonchev–Trinajstić information content (AvgIpc) is 4.13. The molecule has 4 aromatic carbocycles. The summed E-state index contributed by atoms with van der Waals surface area (Å²) in [7, 11) is 1.28. The molecule has 2 aliphatic rings. The predicted molar refractivity (Wildman–Crippen MR) is 286 cm³/mol. The number of carboxylic acid groups (broad SMARTS) is 2. The fourth-order valence-electron chi connectivity index (χ4n) is 7.18. The molecule has 0 aromatic heterocycles. The van der Waals surface area contributed by atoms with Gasteiger partial charge in [-0.2, -0.15) is 0 Å². The van der Waals surface area contributed by atoms with Crippen molar-refractivity contribution in [2.45, 2.75) is 83.2 Å². The number of methoxy groups -OCH3 is 1. The Bertz CT molecular complexity index is 2830. The van der Waals surface area contributed by atoms with Crippen LogP contribution in [-0.4, -0.2) is 148 Å². The maximum absolute atomic E-state index is 12.9. The fraction of sp³-hybridized carbons (Fsp3) is 0.362. The first-order valence-corrected chi connectivity index (χ1v) is 25.7. The molecule has 0 amide bonds. The molecule has 0 saturated carbocycles. The highest BCUT2D eigenvalue weighted by Crippen LogP contribution is 2.32. The molecular formula is C58H63NO24. The smallest absolute Gasteiger partial charge is 0.481 e. The summed E-state index contributed by atoms with van der Waals surface area (Å²) >= 11 is 0. The minimum absolute atomic E-state index is 0.0424.